The van der Waals surface area contributed by atoms with Gasteiger partial charge in [0.1, 0.15) is 30.2 Å². The third-order valence-corrected chi connectivity index (χ3v) is 6.41. The third-order valence-electron chi connectivity index (χ3n) is 6.41. The van der Waals surface area contributed by atoms with Crippen molar-refractivity contribution < 1.29 is 39.3 Å². The molecule has 0 saturated carbocycles. The maximum Gasteiger partial charge on any atom is 0.328 e. The molecule has 15 heteroatoms. The second-order valence-electron chi connectivity index (χ2n) is 9.81. The number of nitrogens with two attached hydrogens (primary N) is 3. The van der Waals surface area contributed by atoms with Gasteiger partial charge in [-0.3, -0.25) is 19.2 Å². The van der Waals surface area contributed by atoms with Crippen molar-refractivity contribution in [1.82, 2.24) is 21.3 Å². The fraction of sp³-hybridized carbons (Fsp3) is 0.593. The van der Waals surface area contributed by atoms with E-state index < -0.39 is 73.0 Å². The second-order valence-corrected chi connectivity index (χ2v) is 9.81. The van der Waals surface area contributed by atoms with E-state index >= 15 is 0 Å². The molecule has 1 rings (SSSR count). The molecule has 15 nitrogen and oxygen atoms in total. The van der Waals surface area contributed by atoms with Crippen LogP contribution in [0.1, 0.15) is 44.1 Å². The molecule has 0 heterocycles. The summed E-state index contributed by atoms with van der Waals surface area (Å²) >= 11 is 0. The lowest BCUT2D eigenvalue weighted by Crippen LogP contribution is -2.59. The Balaban J connectivity index is 3.22. The molecular formula is C27H45N7O8. The molecule has 1 aromatic carbocycles. The van der Waals surface area contributed by atoms with Gasteiger partial charge in [0.2, 0.25) is 23.6 Å². The number of amides is 4. The largest absolute Gasteiger partial charge is 0.480 e. The molecule has 0 aliphatic heterocycles. The first-order chi connectivity index (χ1) is 20.1. The molecule has 0 aliphatic carbocycles. The monoisotopic (exact) mass is 595 g/mol. The topological polar surface area (TPSA) is 272 Å². The molecule has 42 heavy (non-hydrogen) atoms. The van der Waals surface area contributed by atoms with Crippen LogP contribution in [0.15, 0.2) is 30.3 Å². The van der Waals surface area contributed by atoms with Crippen LogP contribution in [0.3, 0.4) is 0 Å². The summed E-state index contributed by atoms with van der Waals surface area (Å²) in [6, 6.07) is 2.49. The molecule has 0 fully saturated rings. The van der Waals surface area contributed by atoms with E-state index in [1.54, 1.807) is 30.3 Å². The van der Waals surface area contributed by atoms with Crippen molar-refractivity contribution in [2.75, 3.05) is 26.3 Å². The predicted molar refractivity (Wildman–Crippen MR) is 153 cm³/mol. The molecule has 4 amide bonds. The van der Waals surface area contributed by atoms with Crippen LogP contribution in [-0.4, -0.2) is 101 Å². The summed E-state index contributed by atoms with van der Waals surface area (Å²) in [5.41, 5.74) is 17.4. The average Bonchev–Trinajstić information content (AvgIpc) is 2.98. The molecule has 0 saturated heterocycles. The molecular weight excluding hydrogens is 550 g/mol. The Kier molecular flexibility index (Phi) is 17.6. The number of carboxylic acid groups (broad SMARTS) is 1. The Hall–Kier alpha value is -3.63. The van der Waals surface area contributed by atoms with Crippen molar-refractivity contribution >= 4 is 29.6 Å². The summed E-state index contributed by atoms with van der Waals surface area (Å²) in [7, 11) is 0. The molecule has 236 valence electrons. The highest BCUT2D eigenvalue weighted by Crippen LogP contribution is 2.09. The Bertz CT molecular complexity index is 998. The highest BCUT2D eigenvalue weighted by molar-refractivity contribution is 5.95. The lowest BCUT2D eigenvalue weighted by Gasteiger charge is -2.26. The number of rotatable bonds is 21. The normalized spacial score (nSPS) is 14.5. The zero-order chi connectivity index (χ0) is 31.5. The number of hydrogen-bond acceptors (Lipinski definition) is 10. The minimum absolute atomic E-state index is 0.0313. The first kappa shape index (κ1) is 36.4. The van der Waals surface area contributed by atoms with E-state index in [2.05, 4.69) is 21.3 Å². The van der Waals surface area contributed by atoms with Crippen molar-refractivity contribution in [3.63, 3.8) is 0 Å². The van der Waals surface area contributed by atoms with Gasteiger partial charge in [-0.1, -0.05) is 30.3 Å². The highest BCUT2D eigenvalue weighted by Gasteiger charge is 2.31. The third kappa shape index (κ3) is 13.4. The fourth-order valence-electron chi connectivity index (χ4n) is 3.95. The number of carboxylic acids is 1. The number of carbonyl (C=O) groups is 5. The lowest BCUT2D eigenvalue weighted by atomic mass is 10.0. The number of carbonyl (C=O) groups excluding carboxylic acids is 4. The summed E-state index contributed by atoms with van der Waals surface area (Å²) < 4.78 is 0. The summed E-state index contributed by atoms with van der Waals surface area (Å²) in [4.78, 5) is 63.4. The van der Waals surface area contributed by atoms with Gasteiger partial charge in [-0.15, -0.1) is 0 Å². The Morgan fingerprint density at radius 2 is 1.10 bits per heavy atom. The molecule has 0 bridgehead atoms. The van der Waals surface area contributed by atoms with Gasteiger partial charge in [0.15, 0.2) is 0 Å². The van der Waals surface area contributed by atoms with Crippen LogP contribution in [0.5, 0.6) is 0 Å². The van der Waals surface area contributed by atoms with E-state index in [4.69, 9.17) is 17.2 Å². The molecule has 0 spiro atoms. The van der Waals surface area contributed by atoms with Gasteiger partial charge in [0.05, 0.1) is 13.2 Å². The first-order valence-electron chi connectivity index (χ1n) is 13.9. The standard InChI is InChI=1S/C27H45N7O8/c28-12-6-4-10-19(31-23(37)18(30)15-35)24(38)33-21(14-17-8-2-1-3-9-17)26(40)32-20(11-5-7-13-29)25(39)34-22(16-36)27(41)42/h1-3,8-9,18-22,35-36H,4-7,10-16,28-30H2,(H,31,37)(H,32,40)(H,33,38)(H,34,39)(H,41,42)/t18-,19-,20-,21-,22-/m0/s1. The Morgan fingerprint density at radius 1 is 0.643 bits per heavy atom. The number of aliphatic hydroxyl groups is 2. The Morgan fingerprint density at radius 3 is 1.55 bits per heavy atom. The van der Waals surface area contributed by atoms with E-state index in [-0.39, 0.29) is 19.3 Å². The zero-order valence-electron chi connectivity index (χ0n) is 23.7. The number of hydrogen-bond donors (Lipinski definition) is 10. The number of unbranched alkanes of at least 4 members (excludes halogenated alkanes) is 2. The molecule has 5 atom stereocenters. The van der Waals surface area contributed by atoms with E-state index in [0.29, 0.717) is 44.3 Å². The van der Waals surface area contributed by atoms with Crippen LogP contribution in [0.2, 0.25) is 0 Å². The minimum atomic E-state index is -1.57. The summed E-state index contributed by atoms with van der Waals surface area (Å²) in [6.07, 6.45) is 2.36. The maximum absolute atomic E-state index is 13.5. The molecule has 0 unspecified atom stereocenters. The maximum atomic E-state index is 13.5. The number of nitrogens with one attached hydrogen (secondary N) is 4. The smallest absolute Gasteiger partial charge is 0.328 e. The quantitative estimate of drug-likeness (QED) is 0.0633. The molecule has 0 radical (unpaired) electrons. The van der Waals surface area contributed by atoms with Crippen LogP contribution >= 0.6 is 0 Å². The van der Waals surface area contributed by atoms with Gasteiger partial charge in [-0.05, 0) is 57.2 Å². The van der Waals surface area contributed by atoms with E-state index in [1.807, 2.05) is 0 Å². The SMILES string of the molecule is NCCCC[C@H](NC(=O)[C@H](Cc1ccccc1)NC(=O)[C@H](CCCCN)NC(=O)[C@@H](N)CO)C(=O)N[C@@H](CO)C(=O)O. The van der Waals surface area contributed by atoms with E-state index in [1.165, 1.54) is 0 Å². The predicted octanol–water partition coefficient (Wildman–Crippen LogP) is -3.18. The molecule has 1 aromatic rings. The van der Waals surface area contributed by atoms with Crippen molar-refractivity contribution in [2.24, 2.45) is 17.2 Å². The van der Waals surface area contributed by atoms with Crippen molar-refractivity contribution in [3.05, 3.63) is 35.9 Å². The second kappa shape index (κ2) is 20.3. The average molecular weight is 596 g/mol. The first-order valence-corrected chi connectivity index (χ1v) is 13.9. The highest BCUT2D eigenvalue weighted by atomic mass is 16.4. The van der Waals surface area contributed by atoms with Crippen LogP contribution in [0.25, 0.3) is 0 Å². The molecule has 0 aromatic heterocycles. The van der Waals surface area contributed by atoms with Crippen molar-refractivity contribution in [3.8, 4) is 0 Å². The number of benzene rings is 1. The van der Waals surface area contributed by atoms with Gasteiger partial charge in [-0.25, -0.2) is 4.79 Å². The zero-order valence-corrected chi connectivity index (χ0v) is 23.7. The summed E-state index contributed by atoms with van der Waals surface area (Å²) in [5, 5.41) is 37.7. The van der Waals surface area contributed by atoms with Gasteiger partial charge in [-0.2, -0.15) is 0 Å². The minimum Gasteiger partial charge on any atom is -0.480 e. The van der Waals surface area contributed by atoms with Crippen molar-refractivity contribution in [2.45, 2.75) is 75.2 Å². The molecule has 13 N–H and O–H groups in total. The van der Waals surface area contributed by atoms with Crippen LogP contribution in [-0.2, 0) is 30.4 Å². The van der Waals surface area contributed by atoms with Crippen LogP contribution < -0.4 is 38.5 Å². The lowest BCUT2D eigenvalue weighted by molar-refractivity contribution is -0.143. The van der Waals surface area contributed by atoms with E-state index in [0.717, 1.165) is 0 Å². The van der Waals surface area contributed by atoms with Crippen LogP contribution in [0.4, 0.5) is 0 Å². The number of aliphatic carboxylic acids is 1. The summed E-state index contributed by atoms with van der Waals surface area (Å²) in [6.45, 7) is -0.784. The van der Waals surface area contributed by atoms with E-state index in [9.17, 15) is 39.3 Å². The summed E-state index contributed by atoms with van der Waals surface area (Å²) in [5.74, 6) is -4.43. The van der Waals surface area contributed by atoms with Gasteiger partial charge in [0, 0.05) is 6.42 Å². The number of aliphatic hydroxyl groups excluding tert-OH is 2. The Labute approximate surface area is 245 Å². The molecule has 0 aliphatic rings. The van der Waals surface area contributed by atoms with Gasteiger partial charge >= 0.3 is 5.97 Å². The fourth-order valence-corrected chi connectivity index (χ4v) is 3.95. The van der Waals surface area contributed by atoms with Crippen molar-refractivity contribution in [1.29, 1.82) is 0 Å². The van der Waals surface area contributed by atoms with Gasteiger partial charge < -0.3 is 53.8 Å². The van der Waals surface area contributed by atoms with Crippen LogP contribution in [0, 0.1) is 0 Å². The van der Waals surface area contributed by atoms with Gasteiger partial charge in [0.25, 0.3) is 0 Å².